The number of thiophene rings is 1. The molecule has 0 amide bonds. The Bertz CT molecular complexity index is 555. The maximum atomic E-state index is 4.46. The zero-order chi connectivity index (χ0) is 12.5. The summed E-state index contributed by atoms with van der Waals surface area (Å²) in [5.41, 5.74) is 1.33. The van der Waals surface area contributed by atoms with Gasteiger partial charge in [0.2, 0.25) is 0 Å². The number of anilines is 1. The van der Waals surface area contributed by atoms with Crippen LogP contribution >= 0.6 is 11.3 Å². The lowest BCUT2D eigenvalue weighted by Gasteiger charge is -2.23. The second-order valence-electron chi connectivity index (χ2n) is 5.16. The van der Waals surface area contributed by atoms with E-state index in [2.05, 4.69) is 29.1 Å². The molecule has 2 aromatic heterocycles. The number of nitrogens with zero attached hydrogens (tertiary/aromatic N) is 2. The van der Waals surface area contributed by atoms with Crippen LogP contribution in [0.1, 0.15) is 42.5 Å². The molecule has 3 nitrogen and oxygen atoms in total. The van der Waals surface area contributed by atoms with Crippen molar-refractivity contribution in [1.82, 2.24) is 9.97 Å². The van der Waals surface area contributed by atoms with Gasteiger partial charge in [-0.15, -0.1) is 11.3 Å². The molecule has 0 spiro atoms. The normalized spacial score (nSPS) is 17.2. The molecular weight excluding hydrogens is 242 g/mol. The van der Waals surface area contributed by atoms with Gasteiger partial charge in [-0.3, -0.25) is 0 Å². The zero-order valence-electron chi connectivity index (χ0n) is 11.0. The lowest BCUT2D eigenvalue weighted by Crippen LogP contribution is -2.23. The summed E-state index contributed by atoms with van der Waals surface area (Å²) in [5, 5.41) is 4.86. The van der Waals surface area contributed by atoms with E-state index in [0.717, 1.165) is 10.6 Å². The van der Waals surface area contributed by atoms with Crippen molar-refractivity contribution in [2.75, 3.05) is 5.32 Å². The largest absolute Gasteiger partial charge is 0.367 e. The van der Waals surface area contributed by atoms with Crippen molar-refractivity contribution in [2.45, 2.75) is 52.0 Å². The smallest absolute Gasteiger partial charge is 0.138 e. The van der Waals surface area contributed by atoms with Gasteiger partial charge in [-0.1, -0.05) is 19.3 Å². The minimum absolute atomic E-state index is 0.594. The molecule has 2 heterocycles. The first-order valence-corrected chi connectivity index (χ1v) is 7.54. The fourth-order valence-corrected chi connectivity index (χ4v) is 3.73. The molecule has 4 heteroatoms. The third-order valence-electron chi connectivity index (χ3n) is 3.91. The predicted molar refractivity (Wildman–Crippen MR) is 77.4 cm³/mol. The topological polar surface area (TPSA) is 37.8 Å². The van der Waals surface area contributed by atoms with Crippen LogP contribution < -0.4 is 5.32 Å². The summed E-state index contributed by atoms with van der Waals surface area (Å²) in [7, 11) is 0. The van der Waals surface area contributed by atoms with Crippen LogP contribution in [0.15, 0.2) is 6.33 Å². The van der Waals surface area contributed by atoms with E-state index in [0.29, 0.717) is 6.04 Å². The van der Waals surface area contributed by atoms with Crippen molar-refractivity contribution in [3.8, 4) is 0 Å². The summed E-state index contributed by atoms with van der Waals surface area (Å²) in [6, 6.07) is 0.594. The van der Waals surface area contributed by atoms with Gasteiger partial charge in [0.1, 0.15) is 17.0 Å². The summed E-state index contributed by atoms with van der Waals surface area (Å²) in [6.07, 6.45) is 8.29. The number of hydrogen-bond acceptors (Lipinski definition) is 4. The first kappa shape index (κ1) is 11.9. The molecule has 0 saturated heterocycles. The van der Waals surface area contributed by atoms with E-state index in [-0.39, 0.29) is 0 Å². The minimum Gasteiger partial charge on any atom is -0.367 e. The standard InChI is InChI=1S/C14H19N3S/c1-9-10(2)18-14-12(9)13(15-8-16-14)17-11-6-4-3-5-7-11/h8,11H,3-7H2,1-2H3,(H,15,16,17). The van der Waals surface area contributed by atoms with E-state index in [1.165, 1.54) is 47.9 Å². The molecule has 0 aliphatic heterocycles. The predicted octanol–water partition coefficient (Wildman–Crippen LogP) is 4.05. The van der Waals surface area contributed by atoms with Gasteiger partial charge in [-0.05, 0) is 32.3 Å². The molecule has 96 valence electrons. The molecule has 1 N–H and O–H groups in total. The first-order valence-electron chi connectivity index (χ1n) is 6.73. The Hall–Kier alpha value is -1.16. The molecule has 1 aliphatic rings. The lowest BCUT2D eigenvalue weighted by atomic mass is 9.95. The fraction of sp³-hybridized carbons (Fsp3) is 0.571. The molecule has 0 atom stereocenters. The van der Waals surface area contributed by atoms with Crippen LogP contribution in [0.2, 0.25) is 0 Å². The molecule has 0 radical (unpaired) electrons. The number of fused-ring (bicyclic) bond motifs is 1. The third kappa shape index (κ3) is 2.09. The Morgan fingerprint density at radius 1 is 1.17 bits per heavy atom. The number of rotatable bonds is 2. The molecule has 2 aromatic rings. The summed E-state index contributed by atoms with van der Waals surface area (Å²) in [4.78, 5) is 11.3. The maximum absolute atomic E-state index is 4.46. The Morgan fingerprint density at radius 3 is 2.72 bits per heavy atom. The fourth-order valence-electron chi connectivity index (χ4n) is 2.73. The van der Waals surface area contributed by atoms with Crippen LogP contribution in [0.4, 0.5) is 5.82 Å². The second kappa shape index (κ2) is 4.84. The molecule has 18 heavy (non-hydrogen) atoms. The molecule has 1 aliphatic carbocycles. The van der Waals surface area contributed by atoms with Crippen LogP contribution in [-0.4, -0.2) is 16.0 Å². The van der Waals surface area contributed by atoms with Crippen molar-refractivity contribution >= 4 is 27.4 Å². The monoisotopic (exact) mass is 261 g/mol. The first-order chi connectivity index (χ1) is 8.75. The van der Waals surface area contributed by atoms with Gasteiger partial charge >= 0.3 is 0 Å². The van der Waals surface area contributed by atoms with Crippen LogP contribution in [0, 0.1) is 13.8 Å². The molecule has 0 aromatic carbocycles. The van der Waals surface area contributed by atoms with Gasteiger partial charge in [0.25, 0.3) is 0 Å². The van der Waals surface area contributed by atoms with E-state index in [4.69, 9.17) is 0 Å². The lowest BCUT2D eigenvalue weighted by molar-refractivity contribution is 0.462. The Morgan fingerprint density at radius 2 is 1.94 bits per heavy atom. The van der Waals surface area contributed by atoms with Crippen LogP contribution in [0.3, 0.4) is 0 Å². The highest BCUT2D eigenvalue weighted by atomic mass is 32.1. The van der Waals surface area contributed by atoms with Crippen molar-refractivity contribution in [3.63, 3.8) is 0 Å². The summed E-state index contributed by atoms with van der Waals surface area (Å²) >= 11 is 1.76. The van der Waals surface area contributed by atoms with Crippen LogP contribution in [-0.2, 0) is 0 Å². The average Bonchev–Trinajstić information content (AvgIpc) is 2.67. The van der Waals surface area contributed by atoms with E-state index in [9.17, 15) is 0 Å². The van der Waals surface area contributed by atoms with Gasteiger partial charge in [0.05, 0.1) is 5.39 Å². The highest BCUT2D eigenvalue weighted by Gasteiger charge is 2.17. The van der Waals surface area contributed by atoms with Crippen LogP contribution in [0.25, 0.3) is 10.2 Å². The van der Waals surface area contributed by atoms with E-state index >= 15 is 0 Å². The third-order valence-corrected chi connectivity index (χ3v) is 5.03. The van der Waals surface area contributed by atoms with Gasteiger partial charge in [-0.2, -0.15) is 0 Å². The van der Waals surface area contributed by atoms with E-state index < -0.39 is 0 Å². The highest BCUT2D eigenvalue weighted by Crippen LogP contribution is 2.33. The second-order valence-corrected chi connectivity index (χ2v) is 6.37. The van der Waals surface area contributed by atoms with Gasteiger partial charge in [-0.25, -0.2) is 9.97 Å². The van der Waals surface area contributed by atoms with Crippen molar-refractivity contribution < 1.29 is 0 Å². The summed E-state index contributed by atoms with van der Waals surface area (Å²) in [6.45, 7) is 4.33. The summed E-state index contributed by atoms with van der Waals surface area (Å²) < 4.78 is 0. The number of aromatic nitrogens is 2. The molecule has 0 unspecified atom stereocenters. The van der Waals surface area contributed by atoms with E-state index in [1.807, 2.05) is 0 Å². The minimum atomic E-state index is 0.594. The zero-order valence-corrected chi connectivity index (χ0v) is 11.8. The maximum Gasteiger partial charge on any atom is 0.138 e. The number of hydrogen-bond donors (Lipinski definition) is 1. The molecule has 1 saturated carbocycles. The van der Waals surface area contributed by atoms with E-state index in [1.54, 1.807) is 17.7 Å². The van der Waals surface area contributed by atoms with Gasteiger partial charge < -0.3 is 5.32 Å². The summed E-state index contributed by atoms with van der Waals surface area (Å²) in [5.74, 6) is 1.04. The number of aryl methyl sites for hydroxylation is 2. The number of nitrogens with one attached hydrogen (secondary N) is 1. The highest BCUT2D eigenvalue weighted by molar-refractivity contribution is 7.18. The van der Waals surface area contributed by atoms with Crippen molar-refractivity contribution in [1.29, 1.82) is 0 Å². The van der Waals surface area contributed by atoms with Gasteiger partial charge in [0.15, 0.2) is 0 Å². The van der Waals surface area contributed by atoms with Crippen LogP contribution in [0.5, 0.6) is 0 Å². The molecule has 1 fully saturated rings. The SMILES string of the molecule is Cc1sc2ncnc(NC3CCCCC3)c2c1C. The van der Waals surface area contributed by atoms with Crippen molar-refractivity contribution in [2.24, 2.45) is 0 Å². The average molecular weight is 261 g/mol. The Labute approximate surface area is 112 Å². The Kier molecular flexibility index (Phi) is 3.20. The van der Waals surface area contributed by atoms with Crippen molar-refractivity contribution in [3.05, 3.63) is 16.8 Å². The molecular formula is C14H19N3S. The molecule has 3 rings (SSSR count). The molecule has 0 bridgehead atoms. The van der Waals surface area contributed by atoms with Gasteiger partial charge in [0, 0.05) is 10.9 Å². The Balaban J connectivity index is 1.95. The quantitative estimate of drug-likeness (QED) is 0.886.